The van der Waals surface area contributed by atoms with Crippen LogP contribution in [0.25, 0.3) is 0 Å². The summed E-state index contributed by atoms with van der Waals surface area (Å²) in [7, 11) is 0. The maximum atomic E-state index is 2.32. The lowest BCUT2D eigenvalue weighted by Crippen LogP contribution is -2.01. The quantitative estimate of drug-likeness (QED) is 0.533. The first-order chi connectivity index (χ1) is 7.79. The lowest BCUT2D eigenvalue weighted by molar-refractivity contribution is 0.527. The van der Waals surface area contributed by atoms with Gasteiger partial charge in [0.2, 0.25) is 0 Å². The summed E-state index contributed by atoms with van der Waals surface area (Å²) in [6.07, 6.45) is 8.10. The Morgan fingerprint density at radius 2 is 1.69 bits per heavy atom. The topological polar surface area (TPSA) is 0 Å². The molecule has 0 heteroatoms. The van der Waals surface area contributed by atoms with E-state index in [4.69, 9.17) is 0 Å². The predicted molar refractivity (Wildman–Crippen MR) is 73.0 cm³/mol. The van der Waals surface area contributed by atoms with Crippen LogP contribution in [0.1, 0.15) is 69.4 Å². The van der Waals surface area contributed by atoms with E-state index in [0.717, 1.165) is 5.92 Å². The molecule has 1 rings (SSSR count). The molecule has 90 valence electrons. The summed E-state index contributed by atoms with van der Waals surface area (Å²) in [5, 5.41) is 0. The zero-order valence-corrected chi connectivity index (χ0v) is 11.1. The molecular formula is C16H26. The van der Waals surface area contributed by atoms with Gasteiger partial charge in [0.05, 0.1) is 0 Å². The molecule has 0 bridgehead atoms. The van der Waals surface area contributed by atoms with Crippen molar-refractivity contribution in [2.24, 2.45) is 0 Å². The van der Waals surface area contributed by atoms with E-state index in [0.29, 0.717) is 0 Å². The van der Waals surface area contributed by atoms with Gasteiger partial charge in [-0.05, 0) is 36.8 Å². The largest absolute Gasteiger partial charge is 0.0654 e. The molecule has 1 unspecified atom stereocenters. The highest BCUT2D eigenvalue weighted by Gasteiger charge is 2.11. The SMILES string of the molecule is CCCCCC(CCC)c1ccccc1C. The third-order valence-electron chi connectivity index (χ3n) is 3.42. The minimum atomic E-state index is 0.790. The first-order valence-electron chi connectivity index (χ1n) is 6.85. The Morgan fingerprint density at radius 1 is 0.938 bits per heavy atom. The van der Waals surface area contributed by atoms with Crippen molar-refractivity contribution in [3.63, 3.8) is 0 Å². The van der Waals surface area contributed by atoms with E-state index in [2.05, 4.69) is 45.0 Å². The second-order valence-electron chi connectivity index (χ2n) is 4.84. The summed E-state index contributed by atoms with van der Waals surface area (Å²) < 4.78 is 0. The van der Waals surface area contributed by atoms with Gasteiger partial charge in [0, 0.05) is 0 Å². The van der Waals surface area contributed by atoms with E-state index in [9.17, 15) is 0 Å². The van der Waals surface area contributed by atoms with Crippen molar-refractivity contribution in [3.8, 4) is 0 Å². The van der Waals surface area contributed by atoms with Gasteiger partial charge in [0.25, 0.3) is 0 Å². The Morgan fingerprint density at radius 3 is 2.31 bits per heavy atom. The van der Waals surface area contributed by atoms with Gasteiger partial charge in [-0.1, -0.05) is 63.8 Å². The number of unbranched alkanes of at least 4 members (excludes halogenated alkanes) is 2. The van der Waals surface area contributed by atoms with Gasteiger partial charge in [-0.3, -0.25) is 0 Å². The molecule has 0 aliphatic carbocycles. The van der Waals surface area contributed by atoms with Crippen LogP contribution in [0.4, 0.5) is 0 Å². The highest BCUT2D eigenvalue weighted by molar-refractivity contribution is 5.29. The summed E-state index contributed by atoms with van der Waals surface area (Å²) in [4.78, 5) is 0. The average molecular weight is 218 g/mol. The molecule has 0 saturated heterocycles. The van der Waals surface area contributed by atoms with Crippen LogP contribution in [0.5, 0.6) is 0 Å². The summed E-state index contributed by atoms with van der Waals surface area (Å²) in [5.41, 5.74) is 3.05. The van der Waals surface area contributed by atoms with E-state index in [-0.39, 0.29) is 0 Å². The van der Waals surface area contributed by atoms with Crippen LogP contribution < -0.4 is 0 Å². The van der Waals surface area contributed by atoms with Crippen molar-refractivity contribution in [1.29, 1.82) is 0 Å². The van der Waals surface area contributed by atoms with Crippen LogP contribution in [0.3, 0.4) is 0 Å². The van der Waals surface area contributed by atoms with Crippen molar-refractivity contribution < 1.29 is 0 Å². The van der Waals surface area contributed by atoms with Crippen LogP contribution >= 0.6 is 0 Å². The molecular weight excluding hydrogens is 192 g/mol. The van der Waals surface area contributed by atoms with Crippen molar-refractivity contribution >= 4 is 0 Å². The molecule has 0 radical (unpaired) electrons. The van der Waals surface area contributed by atoms with Crippen molar-refractivity contribution in [2.45, 2.75) is 65.2 Å². The third-order valence-corrected chi connectivity index (χ3v) is 3.42. The van der Waals surface area contributed by atoms with Crippen molar-refractivity contribution in [2.75, 3.05) is 0 Å². The molecule has 0 spiro atoms. The van der Waals surface area contributed by atoms with E-state index in [1.165, 1.54) is 44.1 Å². The summed E-state index contributed by atoms with van der Waals surface area (Å²) >= 11 is 0. The first-order valence-corrected chi connectivity index (χ1v) is 6.85. The predicted octanol–water partition coefficient (Wildman–Crippen LogP) is 5.46. The molecule has 0 saturated carbocycles. The van der Waals surface area contributed by atoms with Crippen LogP contribution in [0, 0.1) is 6.92 Å². The van der Waals surface area contributed by atoms with Gasteiger partial charge in [-0.15, -0.1) is 0 Å². The Bertz CT molecular complexity index is 288. The zero-order valence-electron chi connectivity index (χ0n) is 11.1. The second kappa shape index (κ2) is 7.49. The molecule has 1 atom stereocenters. The summed E-state index contributed by atoms with van der Waals surface area (Å²) in [5.74, 6) is 0.790. The smallest absolute Gasteiger partial charge is 0.0159 e. The van der Waals surface area contributed by atoms with Gasteiger partial charge < -0.3 is 0 Å². The average Bonchev–Trinajstić information content (AvgIpc) is 2.29. The number of hydrogen-bond donors (Lipinski definition) is 0. The highest BCUT2D eigenvalue weighted by Crippen LogP contribution is 2.29. The van der Waals surface area contributed by atoms with E-state index >= 15 is 0 Å². The fraction of sp³-hybridized carbons (Fsp3) is 0.625. The Hall–Kier alpha value is -0.780. The van der Waals surface area contributed by atoms with Crippen LogP contribution in [-0.2, 0) is 0 Å². The maximum Gasteiger partial charge on any atom is -0.0159 e. The minimum Gasteiger partial charge on any atom is -0.0654 e. The van der Waals surface area contributed by atoms with Gasteiger partial charge >= 0.3 is 0 Å². The Balaban J connectivity index is 2.65. The van der Waals surface area contributed by atoms with Crippen LogP contribution in [0.2, 0.25) is 0 Å². The van der Waals surface area contributed by atoms with E-state index < -0.39 is 0 Å². The summed E-state index contributed by atoms with van der Waals surface area (Å²) in [6.45, 7) is 6.82. The molecule has 1 aromatic carbocycles. The Kier molecular flexibility index (Phi) is 6.22. The lowest BCUT2D eigenvalue weighted by atomic mass is 9.87. The van der Waals surface area contributed by atoms with E-state index in [1.54, 1.807) is 5.56 Å². The molecule has 1 aromatic rings. The van der Waals surface area contributed by atoms with Crippen LogP contribution in [-0.4, -0.2) is 0 Å². The van der Waals surface area contributed by atoms with Crippen molar-refractivity contribution in [3.05, 3.63) is 35.4 Å². The molecule has 0 aromatic heterocycles. The zero-order chi connectivity index (χ0) is 11.8. The highest BCUT2D eigenvalue weighted by atomic mass is 14.2. The van der Waals surface area contributed by atoms with Crippen LogP contribution in [0.15, 0.2) is 24.3 Å². The van der Waals surface area contributed by atoms with Gasteiger partial charge in [-0.25, -0.2) is 0 Å². The molecule has 0 aliphatic rings. The maximum absolute atomic E-state index is 2.32. The minimum absolute atomic E-state index is 0.790. The number of benzene rings is 1. The molecule has 0 aliphatic heterocycles. The number of hydrogen-bond acceptors (Lipinski definition) is 0. The van der Waals surface area contributed by atoms with Gasteiger partial charge in [-0.2, -0.15) is 0 Å². The van der Waals surface area contributed by atoms with Gasteiger partial charge in [0.1, 0.15) is 0 Å². The first kappa shape index (κ1) is 13.3. The molecule has 0 N–H and O–H groups in total. The molecule has 0 nitrogen and oxygen atoms in total. The Labute approximate surface area is 101 Å². The number of aryl methyl sites for hydroxylation is 1. The van der Waals surface area contributed by atoms with Crippen molar-refractivity contribution in [1.82, 2.24) is 0 Å². The second-order valence-corrected chi connectivity index (χ2v) is 4.84. The fourth-order valence-electron chi connectivity index (χ4n) is 2.49. The standard InChI is InChI=1S/C16H26/c1-4-6-7-12-15(10-5-2)16-13-9-8-11-14(16)3/h8-9,11,13,15H,4-7,10,12H2,1-3H3. The van der Waals surface area contributed by atoms with Gasteiger partial charge in [0.15, 0.2) is 0 Å². The monoisotopic (exact) mass is 218 g/mol. The molecule has 16 heavy (non-hydrogen) atoms. The molecule has 0 amide bonds. The molecule has 0 heterocycles. The normalized spacial score (nSPS) is 12.7. The molecule has 0 fully saturated rings. The summed E-state index contributed by atoms with van der Waals surface area (Å²) in [6, 6.07) is 8.90. The van der Waals surface area contributed by atoms with E-state index in [1.807, 2.05) is 0 Å². The third kappa shape index (κ3) is 4.00. The fourth-order valence-corrected chi connectivity index (χ4v) is 2.49. The lowest BCUT2D eigenvalue weighted by Gasteiger charge is -2.18. The number of rotatable bonds is 7.